The predicted molar refractivity (Wildman–Crippen MR) is 96.7 cm³/mol. The first-order valence-electron chi connectivity index (χ1n) is 9.04. The van der Waals surface area contributed by atoms with Gasteiger partial charge in [-0.1, -0.05) is 54.5 Å². The topological polar surface area (TPSA) is 24.7 Å². The second kappa shape index (κ2) is 6.43. The Morgan fingerprint density at radius 2 is 1.38 bits per heavy atom. The summed E-state index contributed by atoms with van der Waals surface area (Å²) in [6.07, 6.45) is 5.29. The number of aliphatic hydroxyl groups is 1. The van der Waals surface area contributed by atoms with Gasteiger partial charge in [0.15, 0.2) is 5.60 Å². The van der Waals surface area contributed by atoms with Gasteiger partial charge in [0, 0.05) is 11.1 Å². The van der Waals surface area contributed by atoms with Gasteiger partial charge in [-0.3, -0.25) is 0 Å². The summed E-state index contributed by atoms with van der Waals surface area (Å²) in [6, 6.07) is 16.2. The van der Waals surface area contributed by atoms with E-state index in [1.165, 1.54) is 38.8 Å². The maximum atomic E-state index is 11.4. The Morgan fingerprint density at radius 3 is 1.96 bits per heavy atom. The van der Waals surface area contributed by atoms with Gasteiger partial charge in [-0.2, -0.15) is 0 Å². The van der Waals surface area contributed by atoms with Gasteiger partial charge >= 0.3 is 0 Å². The molecule has 0 unspecified atom stereocenters. The van der Waals surface area contributed by atoms with Crippen molar-refractivity contribution in [1.82, 2.24) is 0 Å². The highest BCUT2D eigenvalue weighted by molar-refractivity contribution is 5.81. The number of fused-ring (bicyclic) bond motifs is 3. The number of hydrogen-bond donors (Lipinski definition) is 2. The quantitative estimate of drug-likeness (QED) is 0.775. The number of quaternary nitrogens is 1. The van der Waals surface area contributed by atoms with Crippen LogP contribution in [0.5, 0.6) is 0 Å². The van der Waals surface area contributed by atoms with E-state index in [4.69, 9.17) is 0 Å². The van der Waals surface area contributed by atoms with E-state index in [0.29, 0.717) is 0 Å². The fraction of sp³-hybridized carbons (Fsp3) is 0.364. The number of rotatable bonds is 1. The van der Waals surface area contributed by atoms with Crippen molar-refractivity contribution < 1.29 is 10.0 Å². The van der Waals surface area contributed by atoms with Crippen molar-refractivity contribution in [2.75, 3.05) is 19.6 Å². The molecule has 1 saturated heterocycles. The first kappa shape index (κ1) is 15.4. The standard InChI is InChI=1S/C22H23NO/c24-22(14-9-17-23-15-7-1-2-8-16-23)20-12-5-3-10-18(20)19-11-4-6-13-21(19)22/h3-6,10-13,24H,1-2,7-8,15-17H2/p+1. The fourth-order valence-electron chi connectivity index (χ4n) is 4.05. The highest BCUT2D eigenvalue weighted by Gasteiger charge is 2.39. The van der Waals surface area contributed by atoms with E-state index >= 15 is 0 Å². The van der Waals surface area contributed by atoms with E-state index < -0.39 is 5.60 Å². The molecular weight excluding hydrogens is 294 g/mol. The first-order valence-corrected chi connectivity index (χ1v) is 9.04. The van der Waals surface area contributed by atoms with Gasteiger partial charge in [-0.15, -0.1) is 0 Å². The van der Waals surface area contributed by atoms with Gasteiger partial charge in [-0.05, 0) is 42.7 Å². The SMILES string of the molecule is OC1(C#CC[NH+]2CCCCCC2)c2ccccc2-c2ccccc21. The second-order valence-corrected chi connectivity index (χ2v) is 6.94. The van der Waals surface area contributed by atoms with Gasteiger partial charge in [0.05, 0.1) is 13.1 Å². The highest BCUT2D eigenvalue weighted by Crippen LogP contribution is 2.46. The van der Waals surface area contributed by atoms with E-state index in [1.54, 1.807) is 4.90 Å². The Kier molecular flexibility index (Phi) is 4.14. The van der Waals surface area contributed by atoms with Crippen LogP contribution in [0.15, 0.2) is 48.5 Å². The van der Waals surface area contributed by atoms with Crippen molar-refractivity contribution >= 4 is 0 Å². The molecule has 2 heteroatoms. The van der Waals surface area contributed by atoms with Gasteiger partial charge in [-0.25, -0.2) is 0 Å². The highest BCUT2D eigenvalue weighted by atomic mass is 16.3. The Balaban J connectivity index is 1.66. The summed E-state index contributed by atoms with van der Waals surface area (Å²) in [5, 5.41) is 11.4. The minimum Gasteiger partial charge on any atom is -0.369 e. The summed E-state index contributed by atoms with van der Waals surface area (Å²) in [5.41, 5.74) is 2.88. The van der Waals surface area contributed by atoms with Crippen LogP contribution in [-0.2, 0) is 5.60 Å². The number of likely N-dealkylation sites (tertiary alicyclic amines) is 1. The molecule has 1 aliphatic heterocycles. The lowest BCUT2D eigenvalue weighted by Gasteiger charge is -2.19. The van der Waals surface area contributed by atoms with Crippen molar-refractivity contribution in [3.63, 3.8) is 0 Å². The molecule has 0 spiro atoms. The molecule has 0 atom stereocenters. The zero-order chi connectivity index (χ0) is 16.4. The molecular formula is C22H24NO+. The third-order valence-corrected chi connectivity index (χ3v) is 5.34. The minimum atomic E-state index is -1.17. The largest absolute Gasteiger partial charge is 0.369 e. The maximum Gasteiger partial charge on any atom is 0.178 e. The molecule has 2 nitrogen and oxygen atoms in total. The molecule has 0 bridgehead atoms. The summed E-state index contributed by atoms with van der Waals surface area (Å²) in [4.78, 5) is 1.56. The van der Waals surface area contributed by atoms with Crippen molar-refractivity contribution in [1.29, 1.82) is 0 Å². The maximum absolute atomic E-state index is 11.4. The first-order chi connectivity index (χ1) is 11.8. The molecule has 2 aliphatic rings. The van der Waals surface area contributed by atoms with E-state index in [-0.39, 0.29) is 0 Å². The Hall–Kier alpha value is -2.08. The molecule has 1 fully saturated rings. The Morgan fingerprint density at radius 1 is 0.833 bits per heavy atom. The molecule has 0 saturated carbocycles. The number of nitrogens with one attached hydrogen (secondary N) is 1. The fourth-order valence-corrected chi connectivity index (χ4v) is 4.05. The van der Waals surface area contributed by atoms with E-state index in [1.807, 2.05) is 36.4 Å². The van der Waals surface area contributed by atoms with Crippen LogP contribution in [0.25, 0.3) is 11.1 Å². The monoisotopic (exact) mass is 318 g/mol. The van der Waals surface area contributed by atoms with Crippen LogP contribution in [0.2, 0.25) is 0 Å². The average Bonchev–Trinajstić information content (AvgIpc) is 2.78. The lowest BCUT2D eigenvalue weighted by Crippen LogP contribution is -3.11. The molecule has 0 amide bonds. The van der Waals surface area contributed by atoms with Crippen LogP contribution in [-0.4, -0.2) is 24.7 Å². The minimum absolute atomic E-state index is 0.826. The lowest BCUT2D eigenvalue weighted by atomic mass is 9.92. The summed E-state index contributed by atoms with van der Waals surface area (Å²) in [6.45, 7) is 3.24. The van der Waals surface area contributed by atoms with E-state index in [9.17, 15) is 5.11 Å². The van der Waals surface area contributed by atoms with Crippen LogP contribution in [0, 0.1) is 11.8 Å². The van der Waals surface area contributed by atoms with E-state index in [0.717, 1.165) is 28.8 Å². The van der Waals surface area contributed by atoms with Gasteiger partial charge < -0.3 is 10.0 Å². The van der Waals surface area contributed by atoms with Crippen LogP contribution in [0.3, 0.4) is 0 Å². The van der Waals surface area contributed by atoms with Crippen molar-refractivity contribution in [2.24, 2.45) is 0 Å². The molecule has 0 radical (unpaired) electrons. The zero-order valence-corrected chi connectivity index (χ0v) is 14.0. The van der Waals surface area contributed by atoms with Crippen LogP contribution in [0.4, 0.5) is 0 Å². The molecule has 0 aromatic heterocycles. The molecule has 122 valence electrons. The van der Waals surface area contributed by atoms with Gasteiger partial charge in [0.2, 0.25) is 0 Å². The van der Waals surface area contributed by atoms with Crippen LogP contribution < -0.4 is 4.90 Å². The molecule has 4 rings (SSSR count). The number of benzene rings is 2. The molecule has 2 N–H and O–H groups in total. The van der Waals surface area contributed by atoms with Crippen molar-refractivity contribution in [3.05, 3.63) is 59.7 Å². The summed E-state index contributed by atoms with van der Waals surface area (Å²) < 4.78 is 0. The molecule has 1 heterocycles. The summed E-state index contributed by atoms with van der Waals surface area (Å²) in [7, 11) is 0. The molecule has 2 aromatic rings. The van der Waals surface area contributed by atoms with Gasteiger partial charge in [0.25, 0.3) is 0 Å². The molecule has 24 heavy (non-hydrogen) atoms. The zero-order valence-electron chi connectivity index (χ0n) is 14.0. The number of hydrogen-bond acceptors (Lipinski definition) is 1. The van der Waals surface area contributed by atoms with Crippen LogP contribution >= 0.6 is 0 Å². The third kappa shape index (κ3) is 2.65. The van der Waals surface area contributed by atoms with Gasteiger partial charge in [0.1, 0.15) is 6.54 Å². The third-order valence-electron chi connectivity index (χ3n) is 5.34. The smallest absolute Gasteiger partial charge is 0.178 e. The Labute approximate surface area is 144 Å². The molecule has 2 aromatic carbocycles. The van der Waals surface area contributed by atoms with Crippen LogP contribution in [0.1, 0.15) is 36.8 Å². The molecule has 1 aliphatic carbocycles. The van der Waals surface area contributed by atoms with Crippen molar-refractivity contribution in [2.45, 2.75) is 31.3 Å². The lowest BCUT2D eigenvalue weighted by molar-refractivity contribution is -0.891. The summed E-state index contributed by atoms with van der Waals surface area (Å²) in [5.74, 6) is 6.53. The second-order valence-electron chi connectivity index (χ2n) is 6.94. The van der Waals surface area contributed by atoms with Crippen molar-refractivity contribution in [3.8, 4) is 23.0 Å². The van der Waals surface area contributed by atoms with E-state index in [2.05, 4.69) is 24.0 Å². The normalized spacial score (nSPS) is 18.9. The summed E-state index contributed by atoms with van der Waals surface area (Å²) >= 11 is 0. The Bertz CT molecular complexity index is 745. The predicted octanol–water partition coefficient (Wildman–Crippen LogP) is 2.37. The average molecular weight is 318 g/mol.